The van der Waals surface area contributed by atoms with Crippen molar-refractivity contribution < 1.29 is 52.3 Å². The van der Waals surface area contributed by atoms with E-state index < -0.39 is 0 Å². The van der Waals surface area contributed by atoms with Gasteiger partial charge in [-0.2, -0.15) is 0 Å². The SMILES string of the molecule is Cc1cc(-c2cc(-c3[c-]c(-c4cccc5c4nc(-c4ccccc4O)n5C4CCCC4)cc(C)c3)ncn2)[c-]c(-c2cccc3c2nc(-c2ccccc2O)n3C2CCCC2)c1.[Pt].[Pt]. The summed E-state index contributed by atoms with van der Waals surface area (Å²) in [5.41, 5.74) is 14.7. The summed E-state index contributed by atoms with van der Waals surface area (Å²) in [5, 5.41) is 22.0. The van der Waals surface area contributed by atoms with Crippen molar-refractivity contribution in [3.8, 4) is 79.0 Å². The molecule has 10 heteroatoms. The second kappa shape index (κ2) is 18.1. The number of imidazole rings is 2. The van der Waals surface area contributed by atoms with Crippen molar-refractivity contribution in [3.05, 3.63) is 145 Å². The fourth-order valence-corrected chi connectivity index (χ4v) is 10.1. The van der Waals surface area contributed by atoms with E-state index in [0.29, 0.717) is 12.1 Å². The van der Waals surface area contributed by atoms with E-state index in [1.165, 1.54) is 25.7 Å². The van der Waals surface area contributed by atoms with Crippen LogP contribution in [-0.2, 0) is 42.1 Å². The molecule has 2 aliphatic carbocycles. The van der Waals surface area contributed by atoms with Gasteiger partial charge in [0.05, 0.1) is 39.5 Å². The Kier molecular flexibility index (Phi) is 12.3. The number of nitrogens with zero attached hydrogens (tertiary/aromatic N) is 6. The van der Waals surface area contributed by atoms with Gasteiger partial charge in [0, 0.05) is 65.6 Å². The number of rotatable bonds is 8. The molecule has 0 unspecified atom stereocenters. The zero-order chi connectivity index (χ0) is 41.9. The maximum Gasteiger partial charge on any atom is 0.144 e. The Balaban J connectivity index is 0.00000259. The summed E-state index contributed by atoms with van der Waals surface area (Å²) in [4.78, 5) is 20.2. The van der Waals surface area contributed by atoms with Gasteiger partial charge in [0.15, 0.2) is 0 Å². The van der Waals surface area contributed by atoms with E-state index in [-0.39, 0.29) is 53.6 Å². The molecule has 64 heavy (non-hydrogen) atoms. The minimum atomic E-state index is 0. The number of hydrogen-bond acceptors (Lipinski definition) is 6. The summed E-state index contributed by atoms with van der Waals surface area (Å²) < 4.78 is 4.71. The second-order valence-corrected chi connectivity index (χ2v) is 17.1. The maximum absolute atomic E-state index is 11.0. The van der Waals surface area contributed by atoms with E-state index in [1.54, 1.807) is 18.5 Å². The van der Waals surface area contributed by atoms with Crippen LogP contribution in [0.1, 0.15) is 74.6 Å². The Bertz CT molecular complexity index is 2970. The molecule has 0 spiro atoms. The van der Waals surface area contributed by atoms with E-state index in [4.69, 9.17) is 19.9 Å². The average Bonchev–Trinajstić information content (AvgIpc) is 4.13. The quantitative estimate of drug-likeness (QED) is 0.147. The van der Waals surface area contributed by atoms with Crippen LogP contribution >= 0.6 is 0 Å². The Morgan fingerprint density at radius 1 is 0.484 bits per heavy atom. The van der Waals surface area contributed by atoms with Gasteiger partial charge in [0.2, 0.25) is 0 Å². The van der Waals surface area contributed by atoms with Gasteiger partial charge in [0.25, 0.3) is 0 Å². The second-order valence-electron chi connectivity index (χ2n) is 17.1. The number of phenols is 2. The van der Waals surface area contributed by atoms with Gasteiger partial charge >= 0.3 is 0 Å². The Hall–Kier alpha value is -5.68. The molecule has 3 heterocycles. The smallest absolute Gasteiger partial charge is 0.144 e. The van der Waals surface area contributed by atoms with Crippen molar-refractivity contribution in [2.24, 2.45) is 0 Å². The fourth-order valence-electron chi connectivity index (χ4n) is 10.1. The average molecular weight is 1200 g/mol. The van der Waals surface area contributed by atoms with Crippen molar-refractivity contribution in [2.45, 2.75) is 77.3 Å². The van der Waals surface area contributed by atoms with E-state index in [1.807, 2.05) is 42.5 Å². The number of aryl methyl sites for hydroxylation is 2. The molecule has 326 valence electrons. The molecule has 0 radical (unpaired) electrons. The largest absolute Gasteiger partial charge is 0.507 e. The number of fused-ring (bicyclic) bond motifs is 2. The molecule has 0 amide bonds. The van der Waals surface area contributed by atoms with Crippen LogP contribution in [-0.4, -0.2) is 39.3 Å². The molecule has 2 aliphatic rings. The van der Waals surface area contributed by atoms with Crippen LogP contribution in [0, 0.1) is 26.0 Å². The first-order chi connectivity index (χ1) is 30.4. The maximum atomic E-state index is 11.0. The Labute approximate surface area is 402 Å². The van der Waals surface area contributed by atoms with Gasteiger partial charge in [-0.25, -0.2) is 9.97 Å². The van der Waals surface area contributed by atoms with Crippen molar-refractivity contribution in [1.29, 1.82) is 0 Å². The van der Waals surface area contributed by atoms with Crippen LogP contribution in [0.5, 0.6) is 11.5 Å². The number of aromatic nitrogens is 6. The minimum absolute atomic E-state index is 0. The number of phenolic OH excluding ortho intramolecular Hbond substituents is 2. The first-order valence-corrected chi connectivity index (χ1v) is 21.9. The molecule has 0 saturated heterocycles. The Morgan fingerprint density at radius 2 is 0.875 bits per heavy atom. The van der Waals surface area contributed by atoms with Gasteiger partial charge in [-0.3, -0.25) is 9.97 Å². The Morgan fingerprint density at radius 3 is 1.30 bits per heavy atom. The molecular weight excluding hydrogens is 1150 g/mol. The number of hydrogen-bond donors (Lipinski definition) is 2. The summed E-state index contributed by atoms with van der Waals surface area (Å²) in [5.74, 6) is 2.06. The standard InChI is InChI=1S/C54H46N6O2.2Pt/c1-33-25-35(41-19-11-21-47-51(41)57-53(43-17-7-9-23-49(43)61)59(47)39-13-3-4-14-39)29-37(27-33)45-31-46(56-32-55-45)38-28-34(2)26-36(30-38)42-20-12-22-48-52(42)58-54(44-18-8-10-24-50(44)62)60(48)40-15-5-6-16-40;;/h7-12,17-28,31-32,39-40,61-62H,3-6,13-16H2,1-2H3;;/q-2;;. The van der Waals surface area contributed by atoms with Crippen LogP contribution in [0.25, 0.3) is 89.6 Å². The van der Waals surface area contributed by atoms with Crippen LogP contribution in [0.15, 0.2) is 122 Å². The number of para-hydroxylation sites is 4. The number of benzene rings is 6. The fraction of sp³-hybridized carbons (Fsp3) is 0.222. The zero-order valence-corrected chi connectivity index (χ0v) is 40.1. The van der Waals surface area contributed by atoms with E-state index in [9.17, 15) is 10.2 Å². The van der Waals surface area contributed by atoms with Gasteiger partial charge in [-0.15, -0.1) is 58.7 Å². The van der Waals surface area contributed by atoms with Crippen LogP contribution in [0.3, 0.4) is 0 Å². The molecule has 6 aromatic carbocycles. The summed E-state index contributed by atoms with van der Waals surface area (Å²) in [7, 11) is 0. The summed E-state index contributed by atoms with van der Waals surface area (Å²) in [6, 6.07) is 46.5. The van der Waals surface area contributed by atoms with Crippen LogP contribution in [0.4, 0.5) is 0 Å². The molecule has 2 saturated carbocycles. The zero-order valence-electron chi connectivity index (χ0n) is 35.6. The number of aromatic hydroxyl groups is 2. The summed E-state index contributed by atoms with van der Waals surface area (Å²) >= 11 is 0. The predicted octanol–water partition coefficient (Wildman–Crippen LogP) is 13.0. The van der Waals surface area contributed by atoms with Crippen molar-refractivity contribution in [2.75, 3.05) is 0 Å². The van der Waals surface area contributed by atoms with E-state index >= 15 is 0 Å². The minimum Gasteiger partial charge on any atom is -0.507 e. The van der Waals surface area contributed by atoms with E-state index in [2.05, 4.69) is 95.8 Å². The molecule has 0 atom stereocenters. The van der Waals surface area contributed by atoms with Crippen molar-refractivity contribution >= 4 is 22.1 Å². The van der Waals surface area contributed by atoms with Crippen molar-refractivity contribution in [3.63, 3.8) is 0 Å². The first kappa shape index (κ1) is 43.6. The topological polar surface area (TPSA) is 102 Å². The molecule has 2 fully saturated rings. The summed E-state index contributed by atoms with van der Waals surface area (Å²) in [6.45, 7) is 4.21. The molecule has 3 aromatic heterocycles. The monoisotopic (exact) mass is 1200 g/mol. The van der Waals surface area contributed by atoms with Gasteiger partial charge in [-0.1, -0.05) is 116 Å². The predicted molar refractivity (Wildman–Crippen MR) is 247 cm³/mol. The third kappa shape index (κ3) is 7.83. The first-order valence-electron chi connectivity index (χ1n) is 21.9. The van der Waals surface area contributed by atoms with E-state index in [0.717, 1.165) is 126 Å². The molecular formula is C54H46N6O2Pt2-2. The van der Waals surface area contributed by atoms with Crippen molar-refractivity contribution in [1.82, 2.24) is 29.1 Å². The molecule has 11 rings (SSSR count). The van der Waals surface area contributed by atoms with Gasteiger partial charge in [0.1, 0.15) is 23.1 Å². The van der Waals surface area contributed by atoms with Crippen LogP contribution in [0.2, 0.25) is 0 Å². The normalized spacial score (nSPS) is 14.3. The van der Waals surface area contributed by atoms with Gasteiger partial charge < -0.3 is 19.3 Å². The van der Waals surface area contributed by atoms with Gasteiger partial charge in [-0.05, 0) is 62.1 Å². The molecule has 8 nitrogen and oxygen atoms in total. The molecule has 2 N–H and O–H groups in total. The van der Waals surface area contributed by atoms with Crippen LogP contribution < -0.4 is 0 Å². The molecule has 0 bridgehead atoms. The third-order valence-electron chi connectivity index (χ3n) is 12.9. The molecule has 0 aliphatic heterocycles. The summed E-state index contributed by atoms with van der Waals surface area (Å²) in [6.07, 6.45) is 10.7. The third-order valence-corrected chi connectivity index (χ3v) is 12.9. The molecule has 9 aromatic rings.